The molecule has 2 aromatic carbocycles. The number of halogens is 3. The Morgan fingerprint density at radius 1 is 1.13 bits per heavy atom. The average Bonchev–Trinajstić information content (AvgIpc) is 2.45. The van der Waals surface area contributed by atoms with Crippen LogP contribution in [0.3, 0.4) is 0 Å². The highest BCUT2D eigenvalue weighted by Gasteiger charge is 2.23. The van der Waals surface area contributed by atoms with Crippen molar-refractivity contribution in [2.24, 2.45) is 0 Å². The van der Waals surface area contributed by atoms with Gasteiger partial charge in [0.25, 0.3) is 0 Å². The first-order valence-corrected chi connectivity index (χ1v) is 7.42. The summed E-state index contributed by atoms with van der Waals surface area (Å²) in [6, 6.07) is 9.77. The average molecular weight is 339 g/mol. The Bertz CT molecular complexity index is 719. The zero-order chi connectivity index (χ0) is 17.0. The Kier molecular flexibility index (Phi) is 5.34. The fraction of sp³-hybridized carbons (Fsp3) is 0.235. The molecule has 0 saturated heterocycles. The third-order valence-corrected chi connectivity index (χ3v) is 3.72. The van der Waals surface area contributed by atoms with Crippen LogP contribution >= 0.6 is 11.6 Å². The predicted molar refractivity (Wildman–Crippen MR) is 87.5 cm³/mol. The van der Waals surface area contributed by atoms with Crippen LogP contribution in [0.5, 0.6) is 0 Å². The molecule has 0 spiro atoms. The highest BCUT2D eigenvalue weighted by molar-refractivity contribution is 6.31. The van der Waals surface area contributed by atoms with Crippen LogP contribution in [0.2, 0.25) is 5.02 Å². The van der Waals surface area contributed by atoms with Gasteiger partial charge in [-0.1, -0.05) is 23.7 Å². The second kappa shape index (κ2) is 7.06. The van der Waals surface area contributed by atoms with Crippen molar-refractivity contribution in [2.75, 3.05) is 11.9 Å². The number of amides is 1. The number of hydrogen-bond donors (Lipinski definition) is 2. The van der Waals surface area contributed by atoms with Crippen molar-refractivity contribution in [3.63, 3.8) is 0 Å². The number of rotatable bonds is 5. The predicted octanol–water partition coefficient (Wildman–Crippen LogP) is 4.08. The maximum atomic E-state index is 13.1. The van der Waals surface area contributed by atoms with Gasteiger partial charge >= 0.3 is 0 Å². The Labute approximate surface area is 138 Å². The minimum atomic E-state index is -0.635. The van der Waals surface area contributed by atoms with Crippen LogP contribution in [0.1, 0.15) is 19.4 Å². The molecule has 0 unspecified atom stereocenters. The molecule has 0 aromatic heterocycles. The molecular formula is C17H17ClF2N2O. The second-order valence-electron chi connectivity index (χ2n) is 5.66. The molecule has 23 heavy (non-hydrogen) atoms. The minimum absolute atomic E-state index is 0.00276. The van der Waals surface area contributed by atoms with E-state index in [9.17, 15) is 13.6 Å². The molecule has 0 atom stereocenters. The number of benzene rings is 2. The topological polar surface area (TPSA) is 41.1 Å². The molecular weight excluding hydrogens is 322 g/mol. The van der Waals surface area contributed by atoms with Gasteiger partial charge in [0, 0.05) is 16.2 Å². The standard InChI is InChI=1S/C17H17ClF2N2O/c1-17(2,14-7-6-12(20)9-15(14)18)21-10-16(23)22-13-5-3-4-11(19)8-13/h3-9,21H,10H2,1-2H3,(H,22,23). The molecule has 122 valence electrons. The summed E-state index contributed by atoms with van der Waals surface area (Å²) < 4.78 is 26.2. The van der Waals surface area contributed by atoms with E-state index in [1.54, 1.807) is 12.1 Å². The van der Waals surface area contributed by atoms with Crippen LogP contribution in [0.25, 0.3) is 0 Å². The van der Waals surface area contributed by atoms with Gasteiger partial charge in [-0.25, -0.2) is 8.78 Å². The zero-order valence-corrected chi connectivity index (χ0v) is 13.5. The largest absolute Gasteiger partial charge is 0.325 e. The van der Waals surface area contributed by atoms with Crippen molar-refractivity contribution >= 4 is 23.2 Å². The van der Waals surface area contributed by atoms with Gasteiger partial charge < -0.3 is 5.32 Å². The van der Waals surface area contributed by atoms with Gasteiger partial charge in [-0.05, 0) is 49.7 Å². The third-order valence-electron chi connectivity index (χ3n) is 3.40. The van der Waals surface area contributed by atoms with E-state index in [0.29, 0.717) is 11.3 Å². The molecule has 0 fully saturated rings. The smallest absolute Gasteiger partial charge is 0.238 e. The van der Waals surface area contributed by atoms with E-state index in [2.05, 4.69) is 10.6 Å². The molecule has 0 saturated carbocycles. The summed E-state index contributed by atoms with van der Waals surface area (Å²) in [6.07, 6.45) is 0. The first-order chi connectivity index (χ1) is 10.8. The molecule has 1 amide bonds. The Morgan fingerprint density at radius 3 is 2.48 bits per heavy atom. The van der Waals surface area contributed by atoms with Gasteiger partial charge in [0.2, 0.25) is 5.91 Å². The number of hydrogen-bond acceptors (Lipinski definition) is 2. The zero-order valence-electron chi connectivity index (χ0n) is 12.8. The van der Waals surface area contributed by atoms with Gasteiger partial charge in [-0.15, -0.1) is 0 Å². The van der Waals surface area contributed by atoms with Gasteiger partial charge in [-0.2, -0.15) is 0 Å². The maximum absolute atomic E-state index is 13.1. The first-order valence-electron chi connectivity index (χ1n) is 7.04. The fourth-order valence-electron chi connectivity index (χ4n) is 2.16. The van der Waals surface area contributed by atoms with Crippen LogP contribution in [0, 0.1) is 11.6 Å². The normalized spacial score (nSPS) is 11.3. The van der Waals surface area contributed by atoms with Crippen LogP contribution in [0.4, 0.5) is 14.5 Å². The molecule has 2 aromatic rings. The summed E-state index contributed by atoms with van der Waals surface area (Å²) in [5, 5.41) is 5.94. The van der Waals surface area contributed by atoms with E-state index in [0.717, 1.165) is 0 Å². The summed E-state index contributed by atoms with van der Waals surface area (Å²) in [5.41, 5.74) is 0.429. The maximum Gasteiger partial charge on any atom is 0.238 e. The van der Waals surface area contributed by atoms with E-state index in [-0.39, 0.29) is 17.5 Å². The van der Waals surface area contributed by atoms with E-state index < -0.39 is 17.2 Å². The van der Waals surface area contributed by atoms with Gasteiger partial charge in [0.15, 0.2) is 0 Å². The molecule has 2 N–H and O–H groups in total. The summed E-state index contributed by atoms with van der Waals surface area (Å²) in [6.45, 7) is 3.67. The van der Waals surface area contributed by atoms with Gasteiger partial charge in [-0.3, -0.25) is 10.1 Å². The lowest BCUT2D eigenvalue weighted by atomic mass is 9.94. The monoisotopic (exact) mass is 338 g/mol. The van der Waals surface area contributed by atoms with E-state index in [1.807, 2.05) is 13.8 Å². The molecule has 6 heteroatoms. The van der Waals surface area contributed by atoms with Crippen molar-refractivity contribution in [3.05, 3.63) is 64.7 Å². The molecule has 2 rings (SSSR count). The molecule has 0 aliphatic heterocycles. The second-order valence-corrected chi connectivity index (χ2v) is 6.07. The van der Waals surface area contributed by atoms with E-state index >= 15 is 0 Å². The molecule has 0 heterocycles. The summed E-state index contributed by atoms with van der Waals surface area (Å²) in [7, 11) is 0. The van der Waals surface area contributed by atoms with Crippen LogP contribution < -0.4 is 10.6 Å². The number of anilines is 1. The summed E-state index contributed by atoms with van der Waals surface area (Å²) in [4.78, 5) is 12.0. The molecule has 0 radical (unpaired) electrons. The van der Waals surface area contributed by atoms with Crippen molar-refractivity contribution in [3.8, 4) is 0 Å². The molecule has 3 nitrogen and oxygen atoms in total. The van der Waals surface area contributed by atoms with Crippen molar-refractivity contribution < 1.29 is 13.6 Å². The Morgan fingerprint density at radius 2 is 1.83 bits per heavy atom. The molecule has 0 aliphatic rings. The van der Waals surface area contributed by atoms with Crippen molar-refractivity contribution in [1.29, 1.82) is 0 Å². The lowest BCUT2D eigenvalue weighted by Crippen LogP contribution is -2.41. The fourth-order valence-corrected chi connectivity index (χ4v) is 2.57. The lowest BCUT2D eigenvalue weighted by Gasteiger charge is -2.27. The highest BCUT2D eigenvalue weighted by Crippen LogP contribution is 2.28. The highest BCUT2D eigenvalue weighted by atomic mass is 35.5. The number of carbonyl (C=O) groups is 1. The van der Waals surface area contributed by atoms with Crippen LogP contribution in [-0.2, 0) is 10.3 Å². The van der Waals surface area contributed by atoms with E-state index in [4.69, 9.17) is 11.6 Å². The summed E-state index contributed by atoms with van der Waals surface area (Å²) >= 11 is 6.05. The van der Waals surface area contributed by atoms with Crippen LogP contribution in [0.15, 0.2) is 42.5 Å². The Balaban J connectivity index is 1.99. The van der Waals surface area contributed by atoms with Crippen molar-refractivity contribution in [1.82, 2.24) is 5.32 Å². The van der Waals surface area contributed by atoms with Crippen molar-refractivity contribution in [2.45, 2.75) is 19.4 Å². The number of carbonyl (C=O) groups excluding carboxylic acids is 1. The van der Waals surface area contributed by atoms with Gasteiger partial charge in [0.05, 0.1) is 6.54 Å². The van der Waals surface area contributed by atoms with Crippen LogP contribution in [-0.4, -0.2) is 12.5 Å². The molecule has 0 aliphatic carbocycles. The third kappa shape index (κ3) is 4.74. The summed E-state index contributed by atoms with van der Waals surface area (Å²) in [5.74, 6) is -1.16. The SMILES string of the molecule is CC(C)(NCC(=O)Nc1cccc(F)c1)c1ccc(F)cc1Cl. The quantitative estimate of drug-likeness (QED) is 0.862. The number of nitrogens with one attached hydrogen (secondary N) is 2. The molecule has 0 bridgehead atoms. The van der Waals surface area contributed by atoms with Gasteiger partial charge in [0.1, 0.15) is 11.6 Å². The first kappa shape index (κ1) is 17.4. The lowest BCUT2D eigenvalue weighted by molar-refractivity contribution is -0.115. The van der Waals surface area contributed by atoms with E-state index in [1.165, 1.54) is 30.3 Å². The minimum Gasteiger partial charge on any atom is -0.325 e. The Hall–Kier alpha value is -1.98.